The van der Waals surface area contributed by atoms with Crippen LogP contribution in [0.5, 0.6) is 0 Å². The van der Waals surface area contributed by atoms with E-state index in [2.05, 4.69) is 0 Å². The van der Waals surface area contributed by atoms with Crippen LogP contribution >= 0.6 is 0 Å². The van der Waals surface area contributed by atoms with Crippen LogP contribution in [0, 0.1) is 5.92 Å². The van der Waals surface area contributed by atoms with Crippen LogP contribution in [0.3, 0.4) is 0 Å². The summed E-state index contributed by atoms with van der Waals surface area (Å²) in [4.78, 5) is 0. The Kier molecular flexibility index (Phi) is 5.93. The van der Waals surface area contributed by atoms with Gasteiger partial charge >= 0.3 is 0 Å². The summed E-state index contributed by atoms with van der Waals surface area (Å²) in [6.07, 6.45) is 12.5. The van der Waals surface area contributed by atoms with E-state index in [-0.39, 0.29) is 12.2 Å². The number of nitrogens with two attached hydrogens (primary N) is 1. The SMILES string of the molecule is NCCC(O)C1CCC(CCC2CCCCC2)O1. The minimum atomic E-state index is -0.352. The predicted molar refractivity (Wildman–Crippen MR) is 73.4 cm³/mol. The molecule has 1 saturated heterocycles. The second kappa shape index (κ2) is 7.46. The fourth-order valence-corrected chi connectivity index (χ4v) is 3.48. The second-order valence-corrected chi connectivity index (χ2v) is 6.10. The van der Waals surface area contributed by atoms with E-state index in [0.717, 1.165) is 18.8 Å². The molecule has 3 heteroatoms. The minimum absolute atomic E-state index is 0.0462. The summed E-state index contributed by atoms with van der Waals surface area (Å²) in [6.45, 7) is 0.549. The molecule has 0 aromatic heterocycles. The van der Waals surface area contributed by atoms with E-state index in [4.69, 9.17) is 10.5 Å². The molecule has 0 aromatic rings. The van der Waals surface area contributed by atoms with Crippen molar-refractivity contribution < 1.29 is 9.84 Å². The van der Waals surface area contributed by atoms with Crippen molar-refractivity contribution in [1.82, 2.24) is 0 Å². The van der Waals surface area contributed by atoms with Crippen molar-refractivity contribution in [2.75, 3.05) is 6.54 Å². The Hall–Kier alpha value is -0.120. The molecule has 0 spiro atoms. The Balaban J connectivity index is 1.63. The number of hydrogen-bond donors (Lipinski definition) is 2. The third-order valence-electron chi connectivity index (χ3n) is 4.65. The maximum Gasteiger partial charge on any atom is 0.0839 e. The standard InChI is InChI=1S/C15H29NO2/c16-11-10-14(17)15-9-8-13(18-15)7-6-12-4-2-1-3-5-12/h12-15,17H,1-11,16H2. The highest BCUT2D eigenvalue weighted by Gasteiger charge is 2.30. The Bertz CT molecular complexity index is 229. The first-order valence-electron chi connectivity index (χ1n) is 7.83. The molecule has 3 nitrogen and oxygen atoms in total. The lowest BCUT2D eigenvalue weighted by atomic mass is 9.85. The first-order valence-corrected chi connectivity index (χ1v) is 7.83. The molecule has 2 aliphatic rings. The van der Waals surface area contributed by atoms with Gasteiger partial charge in [0.05, 0.1) is 18.3 Å². The molecule has 2 rings (SSSR count). The molecular weight excluding hydrogens is 226 g/mol. The van der Waals surface area contributed by atoms with Crippen LogP contribution < -0.4 is 5.73 Å². The lowest BCUT2D eigenvalue weighted by Crippen LogP contribution is -2.28. The Morgan fingerprint density at radius 3 is 2.56 bits per heavy atom. The molecule has 3 atom stereocenters. The Labute approximate surface area is 111 Å². The molecular formula is C15H29NO2. The summed E-state index contributed by atoms with van der Waals surface area (Å²) in [5.74, 6) is 0.940. The van der Waals surface area contributed by atoms with Crippen molar-refractivity contribution in [1.29, 1.82) is 0 Å². The highest BCUT2D eigenvalue weighted by molar-refractivity contribution is 4.80. The normalized spacial score (nSPS) is 31.7. The van der Waals surface area contributed by atoms with Crippen molar-refractivity contribution in [3.05, 3.63) is 0 Å². The zero-order chi connectivity index (χ0) is 12.8. The highest BCUT2D eigenvalue weighted by atomic mass is 16.5. The topological polar surface area (TPSA) is 55.5 Å². The molecule has 0 bridgehead atoms. The van der Waals surface area contributed by atoms with Crippen molar-refractivity contribution >= 4 is 0 Å². The van der Waals surface area contributed by atoms with E-state index in [1.807, 2.05) is 0 Å². The van der Waals surface area contributed by atoms with Gasteiger partial charge in [0.25, 0.3) is 0 Å². The number of aliphatic hydroxyl groups is 1. The van der Waals surface area contributed by atoms with Gasteiger partial charge in [-0.25, -0.2) is 0 Å². The third kappa shape index (κ3) is 4.22. The van der Waals surface area contributed by atoms with Gasteiger partial charge in [0, 0.05) is 0 Å². The molecule has 1 aliphatic carbocycles. The van der Waals surface area contributed by atoms with Gasteiger partial charge in [-0.3, -0.25) is 0 Å². The zero-order valence-electron chi connectivity index (χ0n) is 11.5. The van der Waals surface area contributed by atoms with E-state index < -0.39 is 0 Å². The zero-order valence-corrected chi connectivity index (χ0v) is 11.5. The second-order valence-electron chi connectivity index (χ2n) is 6.10. The summed E-state index contributed by atoms with van der Waals surface area (Å²) in [6, 6.07) is 0. The summed E-state index contributed by atoms with van der Waals surface area (Å²) in [5, 5.41) is 9.88. The maximum atomic E-state index is 9.88. The minimum Gasteiger partial charge on any atom is -0.390 e. The van der Waals surface area contributed by atoms with E-state index in [0.29, 0.717) is 19.1 Å². The third-order valence-corrected chi connectivity index (χ3v) is 4.65. The lowest BCUT2D eigenvalue weighted by Gasteiger charge is -2.23. The number of hydrogen-bond acceptors (Lipinski definition) is 3. The van der Waals surface area contributed by atoms with Crippen molar-refractivity contribution in [2.24, 2.45) is 11.7 Å². The van der Waals surface area contributed by atoms with E-state index in [1.54, 1.807) is 0 Å². The van der Waals surface area contributed by atoms with Crippen molar-refractivity contribution in [3.8, 4) is 0 Å². The molecule has 18 heavy (non-hydrogen) atoms. The molecule has 3 N–H and O–H groups in total. The van der Waals surface area contributed by atoms with Crippen molar-refractivity contribution in [3.63, 3.8) is 0 Å². The van der Waals surface area contributed by atoms with Crippen LogP contribution in [0.15, 0.2) is 0 Å². The average molecular weight is 255 g/mol. The predicted octanol–water partition coefficient (Wildman–Crippen LogP) is 2.60. The first-order chi connectivity index (χ1) is 8.79. The largest absolute Gasteiger partial charge is 0.390 e. The van der Waals surface area contributed by atoms with E-state index in [9.17, 15) is 5.11 Å². The lowest BCUT2D eigenvalue weighted by molar-refractivity contribution is -0.0395. The summed E-state index contributed by atoms with van der Waals surface area (Å²) in [5.41, 5.74) is 5.47. The van der Waals surface area contributed by atoms with Crippen LogP contribution in [0.2, 0.25) is 0 Å². The summed E-state index contributed by atoms with van der Waals surface area (Å²) >= 11 is 0. The molecule has 1 saturated carbocycles. The van der Waals surface area contributed by atoms with Gasteiger partial charge in [0.2, 0.25) is 0 Å². The van der Waals surface area contributed by atoms with Crippen molar-refractivity contribution in [2.45, 2.75) is 82.5 Å². The molecule has 3 unspecified atom stereocenters. The molecule has 1 aliphatic heterocycles. The van der Waals surface area contributed by atoms with Crippen LogP contribution in [0.1, 0.15) is 64.2 Å². The molecule has 1 heterocycles. The van der Waals surface area contributed by atoms with Gasteiger partial charge in [-0.05, 0) is 44.6 Å². The number of aliphatic hydroxyl groups excluding tert-OH is 1. The maximum absolute atomic E-state index is 9.88. The average Bonchev–Trinajstić information content (AvgIpc) is 2.87. The molecule has 0 amide bonds. The monoisotopic (exact) mass is 255 g/mol. The first kappa shape index (κ1) is 14.3. The summed E-state index contributed by atoms with van der Waals surface area (Å²) in [7, 11) is 0. The van der Waals surface area contributed by atoms with Gasteiger partial charge in [-0.2, -0.15) is 0 Å². The number of rotatable bonds is 6. The Morgan fingerprint density at radius 1 is 1.06 bits per heavy atom. The molecule has 2 fully saturated rings. The Morgan fingerprint density at radius 2 is 1.83 bits per heavy atom. The molecule has 0 aromatic carbocycles. The van der Waals surface area contributed by atoms with Crippen LogP contribution in [0.25, 0.3) is 0 Å². The molecule has 0 radical (unpaired) electrons. The fourth-order valence-electron chi connectivity index (χ4n) is 3.48. The van der Waals surface area contributed by atoms with Crippen LogP contribution in [-0.2, 0) is 4.74 Å². The fraction of sp³-hybridized carbons (Fsp3) is 1.00. The van der Waals surface area contributed by atoms with Gasteiger partial charge < -0.3 is 15.6 Å². The van der Waals surface area contributed by atoms with E-state index in [1.165, 1.54) is 44.9 Å². The van der Waals surface area contributed by atoms with Gasteiger partial charge in [-0.1, -0.05) is 32.1 Å². The number of ether oxygens (including phenoxy) is 1. The van der Waals surface area contributed by atoms with Gasteiger partial charge in [0.15, 0.2) is 0 Å². The molecule has 106 valence electrons. The van der Waals surface area contributed by atoms with Crippen LogP contribution in [0.4, 0.5) is 0 Å². The smallest absolute Gasteiger partial charge is 0.0839 e. The van der Waals surface area contributed by atoms with E-state index >= 15 is 0 Å². The highest BCUT2D eigenvalue weighted by Crippen LogP contribution is 2.31. The summed E-state index contributed by atoms with van der Waals surface area (Å²) < 4.78 is 5.96. The van der Waals surface area contributed by atoms with Gasteiger partial charge in [0.1, 0.15) is 0 Å². The van der Waals surface area contributed by atoms with Crippen LogP contribution in [-0.4, -0.2) is 30.0 Å². The quantitative estimate of drug-likeness (QED) is 0.767. The van der Waals surface area contributed by atoms with Gasteiger partial charge in [-0.15, -0.1) is 0 Å².